The van der Waals surface area contributed by atoms with Gasteiger partial charge in [-0.05, 0) is 36.7 Å². The normalized spacial score (nSPS) is 12.5. The van der Waals surface area contributed by atoms with Crippen LogP contribution in [-0.4, -0.2) is 20.2 Å². The summed E-state index contributed by atoms with van der Waals surface area (Å²) in [5, 5.41) is 4.04. The van der Waals surface area contributed by atoms with Crippen molar-refractivity contribution in [1.82, 2.24) is 5.32 Å². The van der Waals surface area contributed by atoms with Crippen molar-refractivity contribution >= 4 is 11.6 Å². The highest BCUT2D eigenvalue weighted by molar-refractivity contribution is 6.32. The first-order valence-electron chi connectivity index (χ1n) is 5.94. The maximum absolute atomic E-state index is 6.05. The predicted octanol–water partition coefficient (Wildman–Crippen LogP) is 2.42. The van der Waals surface area contributed by atoms with Crippen molar-refractivity contribution in [3.8, 4) is 5.75 Å². The van der Waals surface area contributed by atoms with Gasteiger partial charge in [0.15, 0.2) is 0 Å². The molecule has 0 saturated heterocycles. The van der Waals surface area contributed by atoms with Crippen LogP contribution < -0.4 is 15.8 Å². The minimum atomic E-state index is 0.545. The Labute approximate surface area is 108 Å². The third-order valence-electron chi connectivity index (χ3n) is 2.89. The van der Waals surface area contributed by atoms with Crippen molar-refractivity contribution in [2.75, 3.05) is 20.2 Å². The Bertz CT molecular complexity index is 340. The highest BCUT2D eigenvalue weighted by Crippen LogP contribution is 2.24. The lowest BCUT2D eigenvalue weighted by Crippen LogP contribution is -2.27. The fourth-order valence-corrected chi connectivity index (χ4v) is 1.92. The molecule has 0 aliphatic rings. The standard InChI is InChI=1S/C13H21ClN2O/c1-3-10(7-15)8-16-9-11-4-5-13(17-2)12(14)6-11/h4-6,10,16H,3,7-9,15H2,1-2H3. The first-order valence-corrected chi connectivity index (χ1v) is 6.32. The molecule has 0 aliphatic carbocycles. The van der Waals surface area contributed by atoms with E-state index in [0.717, 1.165) is 31.6 Å². The number of halogens is 1. The van der Waals surface area contributed by atoms with Crippen LogP contribution in [0.25, 0.3) is 0 Å². The second kappa shape index (κ2) is 7.54. The van der Waals surface area contributed by atoms with Crippen LogP contribution in [0.5, 0.6) is 5.75 Å². The molecule has 3 N–H and O–H groups in total. The van der Waals surface area contributed by atoms with E-state index >= 15 is 0 Å². The van der Waals surface area contributed by atoms with Crippen molar-refractivity contribution in [3.05, 3.63) is 28.8 Å². The third-order valence-corrected chi connectivity index (χ3v) is 3.18. The van der Waals surface area contributed by atoms with Gasteiger partial charge in [-0.2, -0.15) is 0 Å². The predicted molar refractivity (Wildman–Crippen MR) is 72.5 cm³/mol. The molecule has 4 heteroatoms. The van der Waals surface area contributed by atoms with Gasteiger partial charge in [0.25, 0.3) is 0 Å². The highest BCUT2D eigenvalue weighted by Gasteiger charge is 2.04. The second-order valence-corrected chi connectivity index (χ2v) is 4.52. The number of hydrogen-bond acceptors (Lipinski definition) is 3. The summed E-state index contributed by atoms with van der Waals surface area (Å²) in [6, 6.07) is 5.83. The Balaban J connectivity index is 2.44. The van der Waals surface area contributed by atoms with E-state index in [1.807, 2.05) is 18.2 Å². The molecule has 1 aromatic carbocycles. The number of rotatable bonds is 7. The van der Waals surface area contributed by atoms with Crippen LogP contribution in [0.4, 0.5) is 0 Å². The minimum absolute atomic E-state index is 0.545. The zero-order valence-corrected chi connectivity index (χ0v) is 11.3. The summed E-state index contributed by atoms with van der Waals surface area (Å²) in [7, 11) is 1.62. The van der Waals surface area contributed by atoms with Crippen LogP contribution in [0.2, 0.25) is 5.02 Å². The van der Waals surface area contributed by atoms with E-state index < -0.39 is 0 Å². The Morgan fingerprint density at radius 3 is 2.76 bits per heavy atom. The summed E-state index contributed by atoms with van der Waals surface area (Å²) >= 11 is 6.05. The largest absolute Gasteiger partial charge is 0.495 e. The summed E-state index contributed by atoms with van der Waals surface area (Å²) in [5.41, 5.74) is 6.80. The van der Waals surface area contributed by atoms with Crippen molar-refractivity contribution < 1.29 is 4.74 Å². The molecule has 0 amide bonds. The van der Waals surface area contributed by atoms with E-state index in [4.69, 9.17) is 22.1 Å². The van der Waals surface area contributed by atoms with Crippen molar-refractivity contribution in [2.24, 2.45) is 11.7 Å². The molecule has 0 fully saturated rings. The van der Waals surface area contributed by atoms with E-state index in [9.17, 15) is 0 Å². The summed E-state index contributed by atoms with van der Waals surface area (Å²) < 4.78 is 5.11. The van der Waals surface area contributed by atoms with Crippen molar-refractivity contribution in [2.45, 2.75) is 19.9 Å². The quantitative estimate of drug-likeness (QED) is 0.788. The molecular formula is C13H21ClN2O. The molecule has 0 aromatic heterocycles. The fraction of sp³-hybridized carbons (Fsp3) is 0.538. The smallest absolute Gasteiger partial charge is 0.137 e. The van der Waals surface area contributed by atoms with E-state index in [0.29, 0.717) is 16.7 Å². The first-order chi connectivity index (χ1) is 8.21. The molecule has 17 heavy (non-hydrogen) atoms. The van der Waals surface area contributed by atoms with Crippen LogP contribution >= 0.6 is 11.6 Å². The van der Waals surface area contributed by atoms with Crippen LogP contribution in [0.1, 0.15) is 18.9 Å². The lowest BCUT2D eigenvalue weighted by Gasteiger charge is -2.13. The second-order valence-electron chi connectivity index (χ2n) is 4.11. The van der Waals surface area contributed by atoms with Crippen molar-refractivity contribution in [1.29, 1.82) is 0 Å². The van der Waals surface area contributed by atoms with Gasteiger partial charge in [-0.3, -0.25) is 0 Å². The minimum Gasteiger partial charge on any atom is -0.495 e. The zero-order valence-electron chi connectivity index (χ0n) is 10.5. The molecule has 0 spiro atoms. The lowest BCUT2D eigenvalue weighted by atomic mass is 10.1. The molecular weight excluding hydrogens is 236 g/mol. The van der Waals surface area contributed by atoms with Gasteiger partial charge in [0, 0.05) is 6.54 Å². The average Bonchev–Trinajstić information content (AvgIpc) is 2.35. The third kappa shape index (κ3) is 4.54. The summed E-state index contributed by atoms with van der Waals surface area (Å²) in [4.78, 5) is 0. The molecule has 1 aromatic rings. The van der Waals surface area contributed by atoms with Gasteiger partial charge in [0.1, 0.15) is 5.75 Å². The Morgan fingerprint density at radius 2 is 2.24 bits per heavy atom. The van der Waals surface area contributed by atoms with Gasteiger partial charge in [0.2, 0.25) is 0 Å². The van der Waals surface area contributed by atoms with Gasteiger partial charge >= 0.3 is 0 Å². The fourth-order valence-electron chi connectivity index (χ4n) is 1.63. The number of methoxy groups -OCH3 is 1. The molecule has 1 rings (SSSR count). The molecule has 0 saturated carbocycles. The number of nitrogens with one attached hydrogen (secondary N) is 1. The van der Waals surface area contributed by atoms with E-state index in [-0.39, 0.29) is 0 Å². The molecule has 0 radical (unpaired) electrons. The lowest BCUT2D eigenvalue weighted by molar-refractivity contribution is 0.414. The first kappa shape index (κ1) is 14.3. The van der Waals surface area contributed by atoms with Crippen LogP contribution in [0, 0.1) is 5.92 Å². The summed E-state index contributed by atoms with van der Waals surface area (Å²) in [6.45, 7) is 4.63. The molecule has 0 bridgehead atoms. The molecule has 0 heterocycles. The van der Waals surface area contributed by atoms with Crippen LogP contribution in [-0.2, 0) is 6.54 Å². The SMILES string of the molecule is CCC(CN)CNCc1ccc(OC)c(Cl)c1. The van der Waals surface area contributed by atoms with Gasteiger partial charge in [0.05, 0.1) is 12.1 Å². The van der Waals surface area contributed by atoms with Gasteiger partial charge in [-0.25, -0.2) is 0 Å². The molecule has 3 nitrogen and oxygen atoms in total. The van der Waals surface area contributed by atoms with E-state index in [1.165, 1.54) is 0 Å². The van der Waals surface area contributed by atoms with Crippen LogP contribution in [0.3, 0.4) is 0 Å². The molecule has 1 atom stereocenters. The van der Waals surface area contributed by atoms with Crippen molar-refractivity contribution in [3.63, 3.8) is 0 Å². The Hall–Kier alpha value is -0.770. The molecule has 96 valence electrons. The van der Waals surface area contributed by atoms with E-state index in [1.54, 1.807) is 7.11 Å². The maximum Gasteiger partial charge on any atom is 0.137 e. The van der Waals surface area contributed by atoms with Gasteiger partial charge in [-0.1, -0.05) is 31.0 Å². The summed E-state index contributed by atoms with van der Waals surface area (Å²) in [6.07, 6.45) is 1.10. The van der Waals surface area contributed by atoms with E-state index in [2.05, 4.69) is 12.2 Å². The number of ether oxygens (including phenoxy) is 1. The Morgan fingerprint density at radius 1 is 1.47 bits per heavy atom. The monoisotopic (exact) mass is 256 g/mol. The Kier molecular flexibility index (Phi) is 6.34. The average molecular weight is 257 g/mol. The molecule has 0 aliphatic heterocycles. The van der Waals surface area contributed by atoms with Crippen LogP contribution in [0.15, 0.2) is 18.2 Å². The van der Waals surface area contributed by atoms with Gasteiger partial charge < -0.3 is 15.8 Å². The number of benzene rings is 1. The maximum atomic E-state index is 6.05. The highest BCUT2D eigenvalue weighted by atomic mass is 35.5. The zero-order chi connectivity index (χ0) is 12.7. The molecule has 1 unspecified atom stereocenters. The summed E-state index contributed by atoms with van der Waals surface area (Å²) in [5.74, 6) is 1.26. The number of hydrogen-bond donors (Lipinski definition) is 2. The topological polar surface area (TPSA) is 47.3 Å². The number of nitrogens with two attached hydrogens (primary N) is 1. The van der Waals surface area contributed by atoms with Gasteiger partial charge in [-0.15, -0.1) is 0 Å².